The van der Waals surface area contributed by atoms with Crippen LogP contribution in [0.15, 0.2) is 30.6 Å². The van der Waals surface area contributed by atoms with Gasteiger partial charge in [0.2, 0.25) is 11.7 Å². The van der Waals surface area contributed by atoms with Crippen LogP contribution < -0.4 is 16.0 Å². The van der Waals surface area contributed by atoms with E-state index in [2.05, 4.69) is 15.0 Å². The SMILES string of the molecule is CCOc1ccc(-c2ccnc(C(=O)NN)n2)cn1. The zero-order chi connectivity index (χ0) is 13.7. The average molecular weight is 259 g/mol. The first-order valence-electron chi connectivity index (χ1n) is 5.67. The van der Waals surface area contributed by atoms with Crippen molar-refractivity contribution in [3.05, 3.63) is 36.4 Å². The zero-order valence-electron chi connectivity index (χ0n) is 10.3. The molecule has 0 unspecified atom stereocenters. The van der Waals surface area contributed by atoms with E-state index in [9.17, 15) is 4.79 Å². The van der Waals surface area contributed by atoms with Crippen LogP contribution in [0.2, 0.25) is 0 Å². The molecule has 19 heavy (non-hydrogen) atoms. The van der Waals surface area contributed by atoms with Crippen molar-refractivity contribution in [1.82, 2.24) is 20.4 Å². The van der Waals surface area contributed by atoms with Crippen molar-refractivity contribution < 1.29 is 9.53 Å². The van der Waals surface area contributed by atoms with E-state index in [1.54, 1.807) is 18.3 Å². The summed E-state index contributed by atoms with van der Waals surface area (Å²) < 4.78 is 5.25. The summed E-state index contributed by atoms with van der Waals surface area (Å²) in [6.07, 6.45) is 3.11. The van der Waals surface area contributed by atoms with E-state index in [1.165, 1.54) is 6.20 Å². The average Bonchev–Trinajstić information content (AvgIpc) is 2.48. The number of nitrogens with two attached hydrogens (primary N) is 1. The second kappa shape index (κ2) is 5.87. The number of nitrogens with zero attached hydrogens (tertiary/aromatic N) is 3. The molecule has 3 N–H and O–H groups in total. The molecule has 98 valence electrons. The Balaban J connectivity index is 2.28. The summed E-state index contributed by atoms with van der Waals surface area (Å²) in [6, 6.07) is 5.23. The smallest absolute Gasteiger partial charge is 0.302 e. The van der Waals surface area contributed by atoms with Crippen molar-refractivity contribution in [3.63, 3.8) is 0 Å². The molecule has 7 heteroatoms. The molecule has 2 heterocycles. The second-order valence-electron chi connectivity index (χ2n) is 3.56. The minimum absolute atomic E-state index is 0.00823. The van der Waals surface area contributed by atoms with E-state index in [1.807, 2.05) is 18.4 Å². The predicted molar refractivity (Wildman–Crippen MR) is 68.1 cm³/mol. The Kier molecular flexibility index (Phi) is 3.99. The van der Waals surface area contributed by atoms with Crippen LogP contribution in [0.1, 0.15) is 17.5 Å². The number of nitrogen functional groups attached to an aromatic ring is 1. The second-order valence-corrected chi connectivity index (χ2v) is 3.56. The summed E-state index contributed by atoms with van der Waals surface area (Å²) in [7, 11) is 0. The van der Waals surface area contributed by atoms with Crippen LogP contribution in [0.5, 0.6) is 5.88 Å². The van der Waals surface area contributed by atoms with Crippen LogP contribution in [-0.2, 0) is 0 Å². The quantitative estimate of drug-likeness (QED) is 0.472. The normalized spacial score (nSPS) is 10.0. The number of hydrogen-bond acceptors (Lipinski definition) is 6. The first-order valence-corrected chi connectivity index (χ1v) is 5.67. The van der Waals surface area contributed by atoms with Gasteiger partial charge in [0.1, 0.15) is 0 Å². The fraction of sp³-hybridized carbons (Fsp3) is 0.167. The Morgan fingerprint density at radius 2 is 2.21 bits per heavy atom. The third-order valence-corrected chi connectivity index (χ3v) is 2.31. The van der Waals surface area contributed by atoms with E-state index >= 15 is 0 Å². The van der Waals surface area contributed by atoms with Crippen molar-refractivity contribution in [2.45, 2.75) is 6.92 Å². The minimum atomic E-state index is -0.541. The molecule has 0 aromatic carbocycles. The van der Waals surface area contributed by atoms with Crippen LogP contribution in [0.3, 0.4) is 0 Å². The highest BCUT2D eigenvalue weighted by atomic mass is 16.5. The number of hydrogen-bond donors (Lipinski definition) is 2. The van der Waals surface area contributed by atoms with Crippen molar-refractivity contribution in [3.8, 4) is 17.1 Å². The molecule has 0 atom stereocenters. The Hall–Kier alpha value is -2.54. The van der Waals surface area contributed by atoms with Gasteiger partial charge in [0.05, 0.1) is 12.3 Å². The van der Waals surface area contributed by atoms with E-state index in [-0.39, 0.29) is 5.82 Å². The topological polar surface area (TPSA) is 103 Å². The molecule has 0 aliphatic heterocycles. The lowest BCUT2D eigenvalue weighted by molar-refractivity contribution is 0.0943. The highest BCUT2D eigenvalue weighted by molar-refractivity contribution is 5.90. The highest BCUT2D eigenvalue weighted by Crippen LogP contribution is 2.17. The third kappa shape index (κ3) is 3.02. The fourth-order valence-corrected chi connectivity index (χ4v) is 1.46. The predicted octanol–water partition coefficient (Wildman–Crippen LogP) is 0.541. The van der Waals surface area contributed by atoms with Crippen molar-refractivity contribution in [2.75, 3.05) is 6.61 Å². The van der Waals surface area contributed by atoms with Crippen LogP contribution in [0, 0.1) is 0 Å². The van der Waals surface area contributed by atoms with E-state index < -0.39 is 5.91 Å². The van der Waals surface area contributed by atoms with Gasteiger partial charge in [-0.15, -0.1) is 0 Å². The molecule has 0 aliphatic rings. The number of carbonyl (C=O) groups excluding carboxylic acids is 1. The Morgan fingerprint density at radius 3 is 2.84 bits per heavy atom. The molecule has 7 nitrogen and oxygen atoms in total. The lowest BCUT2D eigenvalue weighted by Gasteiger charge is -2.04. The summed E-state index contributed by atoms with van der Waals surface area (Å²) in [4.78, 5) is 23.4. The summed E-state index contributed by atoms with van der Waals surface area (Å²) in [5.41, 5.74) is 3.33. The van der Waals surface area contributed by atoms with Gasteiger partial charge in [-0.25, -0.2) is 20.8 Å². The third-order valence-electron chi connectivity index (χ3n) is 2.31. The lowest BCUT2D eigenvalue weighted by Crippen LogP contribution is -2.31. The van der Waals surface area contributed by atoms with Crippen LogP contribution in [0.25, 0.3) is 11.3 Å². The zero-order valence-corrected chi connectivity index (χ0v) is 10.3. The number of aromatic nitrogens is 3. The summed E-state index contributed by atoms with van der Waals surface area (Å²) in [5.74, 6) is 5.05. The molecular weight excluding hydrogens is 246 g/mol. The first kappa shape index (κ1) is 12.9. The van der Waals surface area contributed by atoms with E-state index in [0.29, 0.717) is 18.2 Å². The molecule has 2 aromatic rings. The molecular formula is C12H13N5O2. The van der Waals surface area contributed by atoms with Gasteiger partial charge in [-0.2, -0.15) is 0 Å². The monoisotopic (exact) mass is 259 g/mol. The lowest BCUT2D eigenvalue weighted by atomic mass is 10.2. The van der Waals surface area contributed by atoms with Gasteiger partial charge in [0, 0.05) is 24.0 Å². The largest absolute Gasteiger partial charge is 0.478 e. The van der Waals surface area contributed by atoms with Crippen LogP contribution in [-0.4, -0.2) is 27.5 Å². The molecule has 2 aromatic heterocycles. The van der Waals surface area contributed by atoms with Crippen molar-refractivity contribution >= 4 is 5.91 Å². The Morgan fingerprint density at radius 1 is 1.37 bits per heavy atom. The summed E-state index contributed by atoms with van der Waals surface area (Å²) in [6.45, 7) is 2.44. The molecule has 0 aliphatic carbocycles. The van der Waals surface area contributed by atoms with E-state index in [0.717, 1.165) is 5.56 Å². The molecule has 2 rings (SSSR count). The molecule has 0 bridgehead atoms. The number of pyridine rings is 1. The van der Waals surface area contributed by atoms with E-state index in [4.69, 9.17) is 10.6 Å². The van der Waals surface area contributed by atoms with Gasteiger partial charge in [0.15, 0.2) is 0 Å². The number of nitrogens with one attached hydrogen (secondary N) is 1. The van der Waals surface area contributed by atoms with Crippen LogP contribution in [0.4, 0.5) is 0 Å². The number of amides is 1. The Labute approximate surface area is 109 Å². The van der Waals surface area contributed by atoms with Gasteiger partial charge in [-0.1, -0.05) is 0 Å². The highest BCUT2D eigenvalue weighted by Gasteiger charge is 2.09. The number of carbonyl (C=O) groups is 1. The molecule has 0 spiro atoms. The number of ether oxygens (including phenoxy) is 1. The van der Waals surface area contributed by atoms with Gasteiger partial charge in [-0.3, -0.25) is 10.2 Å². The summed E-state index contributed by atoms with van der Waals surface area (Å²) >= 11 is 0. The molecule has 0 saturated heterocycles. The van der Waals surface area contributed by atoms with Gasteiger partial charge >= 0.3 is 5.91 Å². The van der Waals surface area contributed by atoms with Crippen LogP contribution >= 0.6 is 0 Å². The molecule has 1 amide bonds. The Bertz CT molecular complexity index is 571. The first-order chi connectivity index (χ1) is 9.24. The molecule has 0 saturated carbocycles. The standard InChI is InChI=1S/C12H13N5O2/c1-2-19-10-4-3-8(7-15-10)9-5-6-14-11(16-9)12(18)17-13/h3-7H,2,13H2,1H3,(H,17,18). The van der Waals surface area contributed by atoms with Gasteiger partial charge < -0.3 is 4.74 Å². The maximum Gasteiger partial charge on any atom is 0.302 e. The fourth-order valence-electron chi connectivity index (χ4n) is 1.46. The van der Waals surface area contributed by atoms with Gasteiger partial charge in [0.25, 0.3) is 0 Å². The minimum Gasteiger partial charge on any atom is -0.478 e. The maximum atomic E-state index is 11.3. The van der Waals surface area contributed by atoms with Gasteiger partial charge in [-0.05, 0) is 19.1 Å². The number of hydrazine groups is 1. The van der Waals surface area contributed by atoms with Crippen molar-refractivity contribution in [1.29, 1.82) is 0 Å². The maximum absolute atomic E-state index is 11.3. The molecule has 0 fully saturated rings. The number of rotatable bonds is 4. The van der Waals surface area contributed by atoms with Crippen molar-refractivity contribution in [2.24, 2.45) is 5.84 Å². The summed E-state index contributed by atoms with van der Waals surface area (Å²) in [5, 5.41) is 0. The molecule has 0 radical (unpaired) electrons.